The molecule has 26 heavy (non-hydrogen) atoms. The minimum absolute atomic E-state index is 0. The second kappa shape index (κ2) is 11.8. The SMILES string of the molecule is CN=C(NCC(=O)OC(C)(C)C)NCC(C)Oc1ccccc1OC.I. The van der Waals surface area contributed by atoms with Crippen LogP contribution >= 0.6 is 24.0 Å². The van der Waals surface area contributed by atoms with Gasteiger partial charge in [0.05, 0.1) is 13.7 Å². The fraction of sp³-hybridized carbons (Fsp3) is 0.556. The van der Waals surface area contributed by atoms with Crippen molar-refractivity contribution < 1.29 is 19.0 Å². The first-order chi connectivity index (χ1) is 11.7. The molecule has 0 heterocycles. The number of carbonyl (C=O) groups is 1. The summed E-state index contributed by atoms with van der Waals surface area (Å²) in [4.78, 5) is 15.8. The van der Waals surface area contributed by atoms with Crippen molar-refractivity contribution in [2.24, 2.45) is 4.99 Å². The molecule has 2 N–H and O–H groups in total. The minimum atomic E-state index is -0.507. The number of nitrogens with one attached hydrogen (secondary N) is 2. The van der Waals surface area contributed by atoms with Crippen LogP contribution in [0.3, 0.4) is 0 Å². The highest BCUT2D eigenvalue weighted by atomic mass is 127. The van der Waals surface area contributed by atoms with Gasteiger partial charge in [-0.25, -0.2) is 0 Å². The molecule has 0 amide bonds. The number of para-hydroxylation sites is 2. The number of esters is 1. The van der Waals surface area contributed by atoms with E-state index in [4.69, 9.17) is 14.2 Å². The molecule has 1 unspecified atom stereocenters. The lowest BCUT2D eigenvalue weighted by Crippen LogP contribution is -2.44. The summed E-state index contributed by atoms with van der Waals surface area (Å²) in [6.07, 6.45) is -0.128. The number of halogens is 1. The fourth-order valence-corrected chi connectivity index (χ4v) is 1.97. The van der Waals surface area contributed by atoms with Crippen molar-refractivity contribution >= 4 is 35.9 Å². The van der Waals surface area contributed by atoms with Gasteiger partial charge in [0.1, 0.15) is 18.2 Å². The van der Waals surface area contributed by atoms with Crippen molar-refractivity contribution in [3.8, 4) is 11.5 Å². The topological polar surface area (TPSA) is 81.2 Å². The van der Waals surface area contributed by atoms with Crippen molar-refractivity contribution in [1.29, 1.82) is 0 Å². The van der Waals surface area contributed by atoms with Crippen LogP contribution in [0.5, 0.6) is 11.5 Å². The van der Waals surface area contributed by atoms with Crippen molar-refractivity contribution in [2.75, 3.05) is 27.2 Å². The van der Waals surface area contributed by atoms with Gasteiger partial charge >= 0.3 is 5.97 Å². The average molecular weight is 479 g/mol. The highest BCUT2D eigenvalue weighted by Gasteiger charge is 2.16. The quantitative estimate of drug-likeness (QED) is 0.271. The molecular weight excluding hydrogens is 449 g/mol. The Morgan fingerprint density at radius 3 is 2.35 bits per heavy atom. The van der Waals surface area contributed by atoms with Gasteiger partial charge in [0.2, 0.25) is 0 Å². The summed E-state index contributed by atoms with van der Waals surface area (Å²) in [5.74, 6) is 1.52. The highest BCUT2D eigenvalue weighted by Crippen LogP contribution is 2.26. The molecule has 1 aromatic carbocycles. The van der Waals surface area contributed by atoms with Gasteiger partial charge in [-0.2, -0.15) is 0 Å². The van der Waals surface area contributed by atoms with Crippen LogP contribution in [0, 0.1) is 0 Å². The molecule has 0 aromatic heterocycles. The number of ether oxygens (including phenoxy) is 3. The zero-order chi connectivity index (χ0) is 18.9. The number of aliphatic imine (C=N–C) groups is 1. The molecule has 148 valence electrons. The van der Waals surface area contributed by atoms with Gasteiger partial charge in [0.25, 0.3) is 0 Å². The molecule has 0 spiro atoms. The number of methoxy groups -OCH3 is 1. The van der Waals surface area contributed by atoms with Crippen LogP contribution in [-0.4, -0.2) is 50.9 Å². The summed E-state index contributed by atoms with van der Waals surface area (Å²) in [5.41, 5.74) is -0.507. The van der Waals surface area contributed by atoms with E-state index < -0.39 is 5.60 Å². The lowest BCUT2D eigenvalue weighted by molar-refractivity contribution is -0.153. The first-order valence-electron chi connectivity index (χ1n) is 8.21. The molecule has 0 aliphatic heterocycles. The van der Waals surface area contributed by atoms with E-state index in [1.54, 1.807) is 14.2 Å². The maximum absolute atomic E-state index is 11.7. The zero-order valence-corrected chi connectivity index (χ0v) is 18.6. The second-order valence-electron chi connectivity index (χ2n) is 6.47. The Morgan fingerprint density at radius 1 is 1.19 bits per heavy atom. The second-order valence-corrected chi connectivity index (χ2v) is 6.47. The van der Waals surface area contributed by atoms with E-state index in [0.29, 0.717) is 24.0 Å². The summed E-state index contributed by atoms with van der Waals surface area (Å²) >= 11 is 0. The summed E-state index contributed by atoms with van der Waals surface area (Å²) in [5, 5.41) is 6.03. The van der Waals surface area contributed by atoms with Crippen molar-refractivity contribution in [3.63, 3.8) is 0 Å². The predicted octanol–water partition coefficient (Wildman–Crippen LogP) is 2.59. The normalized spacial score (nSPS) is 12.5. The maximum atomic E-state index is 11.7. The van der Waals surface area contributed by atoms with Crippen LogP contribution in [0.25, 0.3) is 0 Å². The summed E-state index contributed by atoms with van der Waals surface area (Å²) < 4.78 is 16.4. The molecule has 7 nitrogen and oxygen atoms in total. The van der Waals surface area contributed by atoms with E-state index in [-0.39, 0.29) is 42.6 Å². The Morgan fingerprint density at radius 2 is 1.81 bits per heavy atom. The third-order valence-corrected chi connectivity index (χ3v) is 3.00. The number of rotatable bonds is 7. The average Bonchev–Trinajstić information content (AvgIpc) is 2.54. The van der Waals surface area contributed by atoms with E-state index in [1.165, 1.54) is 0 Å². The lowest BCUT2D eigenvalue weighted by atomic mass is 10.2. The minimum Gasteiger partial charge on any atom is -0.493 e. The molecule has 1 rings (SSSR count). The number of guanidine groups is 1. The predicted molar refractivity (Wildman–Crippen MR) is 114 cm³/mol. The third kappa shape index (κ3) is 9.69. The molecule has 1 aromatic rings. The maximum Gasteiger partial charge on any atom is 0.325 e. The van der Waals surface area contributed by atoms with Crippen LogP contribution in [0.2, 0.25) is 0 Å². The Hall–Kier alpha value is -1.71. The van der Waals surface area contributed by atoms with Gasteiger partial charge in [0.15, 0.2) is 17.5 Å². The van der Waals surface area contributed by atoms with Gasteiger partial charge in [-0.1, -0.05) is 12.1 Å². The first kappa shape index (κ1) is 24.3. The zero-order valence-electron chi connectivity index (χ0n) is 16.3. The van der Waals surface area contributed by atoms with Crippen LogP contribution in [0.15, 0.2) is 29.3 Å². The van der Waals surface area contributed by atoms with Crippen LogP contribution < -0.4 is 20.1 Å². The standard InChI is InChI=1S/C18H29N3O4.HI/c1-13(24-15-10-8-7-9-14(15)23-6)11-20-17(19-5)21-12-16(22)25-18(2,3)4;/h7-10,13H,11-12H2,1-6H3,(H2,19,20,21);1H. The molecule has 0 fully saturated rings. The van der Waals surface area contributed by atoms with E-state index in [2.05, 4.69) is 15.6 Å². The molecular formula is C18H30IN3O4. The first-order valence-corrected chi connectivity index (χ1v) is 8.21. The van der Waals surface area contributed by atoms with Gasteiger partial charge < -0.3 is 24.8 Å². The third-order valence-electron chi connectivity index (χ3n) is 3.00. The molecule has 0 radical (unpaired) electrons. The van der Waals surface area contributed by atoms with Crippen molar-refractivity contribution in [2.45, 2.75) is 39.4 Å². The van der Waals surface area contributed by atoms with E-state index in [0.717, 1.165) is 0 Å². The number of hydrogen-bond donors (Lipinski definition) is 2. The number of hydrogen-bond acceptors (Lipinski definition) is 5. The van der Waals surface area contributed by atoms with E-state index in [1.807, 2.05) is 52.0 Å². The monoisotopic (exact) mass is 479 g/mol. The highest BCUT2D eigenvalue weighted by molar-refractivity contribution is 14.0. The molecule has 0 aliphatic rings. The summed E-state index contributed by atoms with van der Waals surface area (Å²) in [6, 6.07) is 7.47. The lowest BCUT2D eigenvalue weighted by Gasteiger charge is -2.21. The summed E-state index contributed by atoms with van der Waals surface area (Å²) in [6.45, 7) is 7.96. The Kier molecular flexibility index (Phi) is 11.0. The Balaban J connectivity index is 0.00000625. The molecule has 0 aliphatic carbocycles. The van der Waals surface area contributed by atoms with E-state index in [9.17, 15) is 4.79 Å². The van der Waals surface area contributed by atoms with E-state index >= 15 is 0 Å². The Bertz CT molecular complexity index is 588. The fourth-order valence-electron chi connectivity index (χ4n) is 1.97. The molecule has 8 heteroatoms. The van der Waals surface area contributed by atoms with Gasteiger partial charge in [-0.15, -0.1) is 24.0 Å². The molecule has 1 atom stereocenters. The van der Waals surface area contributed by atoms with Gasteiger partial charge in [-0.3, -0.25) is 9.79 Å². The largest absolute Gasteiger partial charge is 0.493 e. The number of nitrogens with zero attached hydrogens (tertiary/aromatic N) is 1. The van der Waals surface area contributed by atoms with Crippen molar-refractivity contribution in [1.82, 2.24) is 10.6 Å². The molecule has 0 saturated heterocycles. The summed E-state index contributed by atoms with van der Waals surface area (Å²) in [7, 11) is 3.24. The van der Waals surface area contributed by atoms with Crippen molar-refractivity contribution in [3.05, 3.63) is 24.3 Å². The van der Waals surface area contributed by atoms with Crippen LogP contribution in [0.4, 0.5) is 0 Å². The number of benzene rings is 1. The van der Waals surface area contributed by atoms with Gasteiger partial charge in [0, 0.05) is 7.05 Å². The smallest absolute Gasteiger partial charge is 0.325 e. The Labute approximate surface area is 172 Å². The number of carbonyl (C=O) groups excluding carboxylic acids is 1. The molecule has 0 saturated carbocycles. The molecule has 0 bridgehead atoms. The van der Waals surface area contributed by atoms with Crippen LogP contribution in [0.1, 0.15) is 27.7 Å². The van der Waals surface area contributed by atoms with Gasteiger partial charge in [-0.05, 0) is 39.8 Å². The van der Waals surface area contributed by atoms with Crippen LogP contribution in [-0.2, 0) is 9.53 Å².